The minimum Gasteiger partial charge on any atom is -0.472 e. The first-order valence-corrected chi connectivity index (χ1v) is 4.07. The fourth-order valence-corrected chi connectivity index (χ4v) is 1.09. The second-order valence-corrected chi connectivity index (χ2v) is 3.05. The van der Waals surface area contributed by atoms with E-state index in [1.807, 2.05) is 0 Å². The fourth-order valence-electron chi connectivity index (χ4n) is 1.09. The van der Waals surface area contributed by atoms with Crippen LogP contribution in [0.25, 0.3) is 0 Å². The quantitative estimate of drug-likeness (QED) is 0.751. The van der Waals surface area contributed by atoms with Crippen LogP contribution in [0.5, 0.6) is 0 Å². The zero-order valence-corrected chi connectivity index (χ0v) is 7.73. The molecule has 1 aromatic heterocycles. The molecule has 4 nitrogen and oxygen atoms in total. The largest absolute Gasteiger partial charge is 0.472 e. The summed E-state index contributed by atoms with van der Waals surface area (Å²) in [6.45, 7) is 1.96. The number of rotatable bonds is 3. The van der Waals surface area contributed by atoms with Crippen molar-refractivity contribution in [3.63, 3.8) is 0 Å². The summed E-state index contributed by atoms with van der Waals surface area (Å²) in [6, 6.07) is 1.60. The van der Waals surface area contributed by atoms with Gasteiger partial charge in [-0.2, -0.15) is 0 Å². The molecule has 0 aliphatic carbocycles. The van der Waals surface area contributed by atoms with E-state index in [-0.39, 0.29) is 5.91 Å². The molecule has 1 aromatic rings. The summed E-state index contributed by atoms with van der Waals surface area (Å²) in [5.74, 6) is -0.144. The third-order valence-electron chi connectivity index (χ3n) is 1.65. The van der Waals surface area contributed by atoms with E-state index in [0.29, 0.717) is 12.1 Å². The average Bonchev–Trinajstić information content (AvgIpc) is 2.53. The van der Waals surface area contributed by atoms with Gasteiger partial charge in [-0.15, -0.1) is 0 Å². The van der Waals surface area contributed by atoms with Crippen LogP contribution in [0, 0.1) is 0 Å². The molecule has 0 fully saturated rings. The average molecular weight is 183 g/mol. The summed E-state index contributed by atoms with van der Waals surface area (Å²) in [5.41, 5.74) is 0.503. The first-order chi connectivity index (χ1) is 6.11. The Morgan fingerprint density at radius 3 is 2.92 bits per heavy atom. The molecule has 0 bridgehead atoms. The molecule has 1 amide bonds. The van der Waals surface area contributed by atoms with Crippen LogP contribution in [0.1, 0.15) is 17.3 Å². The van der Waals surface area contributed by atoms with Crippen molar-refractivity contribution in [1.29, 1.82) is 0 Å². The van der Waals surface area contributed by atoms with Crippen molar-refractivity contribution in [2.24, 2.45) is 0 Å². The smallest absolute Gasteiger partial charge is 0.256 e. The van der Waals surface area contributed by atoms with Gasteiger partial charge in [0.25, 0.3) is 5.91 Å². The Morgan fingerprint density at radius 2 is 2.46 bits per heavy atom. The van der Waals surface area contributed by atoms with Gasteiger partial charge < -0.3 is 14.4 Å². The van der Waals surface area contributed by atoms with Crippen molar-refractivity contribution < 1.29 is 14.3 Å². The van der Waals surface area contributed by atoms with Crippen LogP contribution in [0.15, 0.2) is 23.0 Å². The summed E-state index contributed by atoms with van der Waals surface area (Å²) in [6.07, 6.45) is 2.32. The van der Waals surface area contributed by atoms with Crippen LogP contribution < -0.4 is 0 Å². The molecule has 72 valence electrons. The molecule has 0 radical (unpaired) electrons. The van der Waals surface area contributed by atoms with Gasteiger partial charge in [0.2, 0.25) is 0 Å². The molecule has 1 unspecified atom stereocenters. The standard InChI is InChI=1S/C9H13NO3/c1-7(11)5-10(2)9(12)8-3-4-13-6-8/h3-4,6-7,11H,5H2,1-2H3. The Labute approximate surface area is 76.8 Å². The number of aliphatic hydroxyl groups is 1. The minimum absolute atomic E-state index is 0.144. The molecule has 1 heterocycles. The maximum Gasteiger partial charge on any atom is 0.256 e. The Kier molecular flexibility index (Phi) is 3.08. The summed E-state index contributed by atoms with van der Waals surface area (Å²) in [7, 11) is 1.64. The molecule has 0 saturated heterocycles. The van der Waals surface area contributed by atoms with Crippen LogP contribution in [0.4, 0.5) is 0 Å². The number of nitrogens with zero attached hydrogens (tertiary/aromatic N) is 1. The van der Waals surface area contributed by atoms with Crippen molar-refractivity contribution in [2.45, 2.75) is 13.0 Å². The van der Waals surface area contributed by atoms with Crippen LogP contribution in [-0.4, -0.2) is 35.6 Å². The zero-order chi connectivity index (χ0) is 9.84. The second kappa shape index (κ2) is 4.09. The number of furan rings is 1. The van der Waals surface area contributed by atoms with Crippen LogP contribution in [-0.2, 0) is 0 Å². The summed E-state index contributed by atoms with van der Waals surface area (Å²) >= 11 is 0. The van der Waals surface area contributed by atoms with Crippen molar-refractivity contribution in [2.75, 3.05) is 13.6 Å². The third kappa shape index (κ3) is 2.59. The second-order valence-electron chi connectivity index (χ2n) is 3.05. The maximum absolute atomic E-state index is 11.5. The monoisotopic (exact) mass is 183 g/mol. The topological polar surface area (TPSA) is 53.7 Å². The Balaban J connectivity index is 2.58. The maximum atomic E-state index is 11.5. The van der Waals surface area contributed by atoms with Gasteiger partial charge in [-0.1, -0.05) is 0 Å². The molecule has 1 atom stereocenters. The molecule has 0 spiro atoms. The first kappa shape index (κ1) is 9.80. The molecule has 0 aliphatic heterocycles. The molecular formula is C9H13NO3. The summed E-state index contributed by atoms with van der Waals surface area (Å²) in [5, 5.41) is 9.05. The number of hydrogen-bond donors (Lipinski definition) is 1. The minimum atomic E-state index is -0.513. The molecule has 13 heavy (non-hydrogen) atoms. The highest BCUT2D eigenvalue weighted by Gasteiger charge is 2.13. The number of carbonyl (C=O) groups excluding carboxylic acids is 1. The van der Waals surface area contributed by atoms with Gasteiger partial charge in [0, 0.05) is 13.6 Å². The molecule has 0 saturated carbocycles. The molecule has 0 aliphatic rings. The molecule has 1 rings (SSSR count). The Morgan fingerprint density at radius 1 is 1.77 bits per heavy atom. The first-order valence-electron chi connectivity index (χ1n) is 4.07. The normalized spacial score (nSPS) is 12.5. The van der Waals surface area contributed by atoms with Crippen LogP contribution in [0.3, 0.4) is 0 Å². The molecular weight excluding hydrogens is 170 g/mol. The predicted molar refractivity (Wildman–Crippen MR) is 47.3 cm³/mol. The van der Waals surface area contributed by atoms with Crippen molar-refractivity contribution in [1.82, 2.24) is 4.90 Å². The highest BCUT2D eigenvalue weighted by molar-refractivity contribution is 5.93. The predicted octanol–water partition coefficient (Wildman–Crippen LogP) is 0.732. The number of hydrogen-bond acceptors (Lipinski definition) is 3. The lowest BCUT2D eigenvalue weighted by atomic mass is 10.3. The molecule has 4 heteroatoms. The molecule has 1 N–H and O–H groups in total. The highest BCUT2D eigenvalue weighted by atomic mass is 16.3. The van der Waals surface area contributed by atoms with Crippen molar-refractivity contribution in [3.8, 4) is 0 Å². The molecule has 0 aromatic carbocycles. The van der Waals surface area contributed by atoms with E-state index in [9.17, 15) is 4.79 Å². The number of aliphatic hydroxyl groups excluding tert-OH is 1. The Hall–Kier alpha value is -1.29. The van der Waals surface area contributed by atoms with E-state index in [1.165, 1.54) is 17.4 Å². The third-order valence-corrected chi connectivity index (χ3v) is 1.65. The number of carbonyl (C=O) groups is 1. The van der Waals surface area contributed by atoms with E-state index < -0.39 is 6.10 Å². The van der Waals surface area contributed by atoms with Crippen molar-refractivity contribution in [3.05, 3.63) is 24.2 Å². The zero-order valence-electron chi connectivity index (χ0n) is 7.73. The lowest BCUT2D eigenvalue weighted by Crippen LogP contribution is -2.32. The van der Waals surface area contributed by atoms with Gasteiger partial charge in [0.1, 0.15) is 6.26 Å². The van der Waals surface area contributed by atoms with Gasteiger partial charge in [-0.05, 0) is 13.0 Å². The van der Waals surface area contributed by atoms with E-state index in [4.69, 9.17) is 9.52 Å². The van der Waals surface area contributed by atoms with E-state index in [0.717, 1.165) is 0 Å². The fraction of sp³-hybridized carbons (Fsp3) is 0.444. The van der Waals surface area contributed by atoms with Gasteiger partial charge in [0.15, 0.2) is 0 Å². The summed E-state index contributed by atoms with van der Waals surface area (Å²) < 4.78 is 4.78. The van der Waals surface area contributed by atoms with Gasteiger partial charge in [-0.3, -0.25) is 4.79 Å². The van der Waals surface area contributed by atoms with E-state index in [2.05, 4.69) is 0 Å². The van der Waals surface area contributed by atoms with E-state index in [1.54, 1.807) is 20.0 Å². The van der Waals surface area contributed by atoms with Crippen LogP contribution >= 0.6 is 0 Å². The van der Waals surface area contributed by atoms with E-state index >= 15 is 0 Å². The SMILES string of the molecule is CC(O)CN(C)C(=O)c1ccoc1. The lowest BCUT2D eigenvalue weighted by Gasteiger charge is -2.17. The Bertz CT molecular complexity index is 266. The van der Waals surface area contributed by atoms with Gasteiger partial charge in [-0.25, -0.2) is 0 Å². The number of likely N-dealkylation sites (N-methyl/N-ethyl adjacent to an activating group) is 1. The van der Waals surface area contributed by atoms with Gasteiger partial charge >= 0.3 is 0 Å². The number of amides is 1. The van der Waals surface area contributed by atoms with Gasteiger partial charge in [0.05, 0.1) is 17.9 Å². The highest BCUT2D eigenvalue weighted by Crippen LogP contribution is 2.04. The summed E-state index contributed by atoms with van der Waals surface area (Å²) in [4.78, 5) is 12.9. The lowest BCUT2D eigenvalue weighted by molar-refractivity contribution is 0.0703. The van der Waals surface area contributed by atoms with Crippen LogP contribution in [0.2, 0.25) is 0 Å². The van der Waals surface area contributed by atoms with Crippen molar-refractivity contribution >= 4 is 5.91 Å².